The number of hydrogen-bond acceptors (Lipinski definition) is 5. The molecule has 0 atom stereocenters. The Hall–Kier alpha value is -4.46. The molecule has 5 rings (SSSR count). The maximum Gasteiger partial charge on any atom is 0.299 e. The molecule has 0 fully saturated rings. The molecule has 0 saturated heterocycles. The Morgan fingerprint density at radius 3 is 2.38 bits per heavy atom. The molecule has 39 heavy (non-hydrogen) atoms. The Bertz CT molecular complexity index is 1610. The lowest BCUT2D eigenvalue weighted by molar-refractivity contribution is 0.0990. The van der Waals surface area contributed by atoms with Gasteiger partial charge in [0.2, 0.25) is 5.88 Å². The number of benzene rings is 4. The van der Waals surface area contributed by atoms with E-state index in [1.807, 2.05) is 61.6 Å². The number of fused-ring (bicyclic) bond motifs is 1. The smallest absolute Gasteiger partial charge is 0.299 e. The van der Waals surface area contributed by atoms with Crippen molar-refractivity contribution in [3.05, 3.63) is 125 Å². The second-order valence-corrected chi connectivity index (χ2v) is 9.61. The highest BCUT2D eigenvalue weighted by Gasteiger charge is 2.19. The molecule has 0 bridgehead atoms. The molecular weight excluding hydrogens is 512 g/mol. The highest BCUT2D eigenvalue weighted by Crippen LogP contribution is 2.39. The number of ether oxygens (including phenoxy) is 1. The third kappa shape index (κ3) is 6.17. The van der Waals surface area contributed by atoms with Crippen molar-refractivity contribution in [3.63, 3.8) is 0 Å². The van der Waals surface area contributed by atoms with Crippen LogP contribution in [0.2, 0.25) is 5.02 Å². The monoisotopic (exact) mass is 538 g/mol. The molecule has 7 nitrogen and oxygen atoms in total. The molecule has 5 aromatic rings. The van der Waals surface area contributed by atoms with Crippen LogP contribution in [0.25, 0.3) is 10.9 Å². The highest BCUT2D eigenvalue weighted by molar-refractivity contribution is 6.30. The lowest BCUT2D eigenvalue weighted by Crippen LogP contribution is -2.21. The lowest BCUT2D eigenvalue weighted by atomic mass is 10.2. The summed E-state index contributed by atoms with van der Waals surface area (Å²) in [6.45, 7) is 1.39. The standard InChI is InChI=1S/C31H27ClN4O3/c1-35(19-22-9-3-2-4-10-22)21-36-27-13-7-5-11-25(27)29(31(36)38)33-34-30(37)26-12-6-8-14-28(26)39-20-23-15-17-24(32)18-16-23/h2-18,38H,19-21H2,1H3. The van der Waals surface area contributed by atoms with E-state index >= 15 is 0 Å². The fourth-order valence-corrected chi connectivity index (χ4v) is 4.49. The second-order valence-electron chi connectivity index (χ2n) is 9.18. The Morgan fingerprint density at radius 2 is 1.59 bits per heavy atom. The van der Waals surface area contributed by atoms with E-state index in [-0.39, 0.29) is 23.7 Å². The number of carbonyl (C=O) groups excluding carboxylic acids is 1. The number of hydrogen-bond donors (Lipinski definition) is 1. The number of carbonyl (C=O) groups is 1. The summed E-state index contributed by atoms with van der Waals surface area (Å²) in [6.07, 6.45) is 0. The first-order valence-electron chi connectivity index (χ1n) is 12.4. The number of nitrogens with zero attached hydrogens (tertiary/aromatic N) is 4. The topological polar surface area (TPSA) is 79.4 Å². The van der Waals surface area contributed by atoms with Gasteiger partial charge in [0, 0.05) is 17.0 Å². The molecular formula is C31H27ClN4O3. The molecule has 0 radical (unpaired) electrons. The molecule has 0 saturated carbocycles. The van der Waals surface area contributed by atoms with Crippen molar-refractivity contribution < 1.29 is 14.6 Å². The number of para-hydroxylation sites is 2. The van der Waals surface area contributed by atoms with Gasteiger partial charge >= 0.3 is 0 Å². The summed E-state index contributed by atoms with van der Waals surface area (Å²) in [7, 11) is 1.98. The van der Waals surface area contributed by atoms with Gasteiger partial charge in [-0.3, -0.25) is 14.3 Å². The van der Waals surface area contributed by atoms with Gasteiger partial charge in [0.05, 0.1) is 17.7 Å². The summed E-state index contributed by atoms with van der Waals surface area (Å²) in [5.74, 6) is -0.232. The maximum absolute atomic E-state index is 13.1. The molecule has 1 heterocycles. The Labute approximate surface area is 231 Å². The predicted octanol–water partition coefficient (Wildman–Crippen LogP) is 7.59. The predicted molar refractivity (Wildman–Crippen MR) is 153 cm³/mol. The van der Waals surface area contributed by atoms with Crippen molar-refractivity contribution in [2.75, 3.05) is 7.05 Å². The van der Waals surface area contributed by atoms with E-state index in [0.29, 0.717) is 29.4 Å². The number of amides is 1. The zero-order valence-corrected chi connectivity index (χ0v) is 22.1. The molecule has 1 N–H and O–H groups in total. The fraction of sp³-hybridized carbons (Fsp3) is 0.129. The molecule has 1 amide bonds. The zero-order valence-electron chi connectivity index (χ0n) is 21.4. The summed E-state index contributed by atoms with van der Waals surface area (Å²) >= 11 is 5.96. The van der Waals surface area contributed by atoms with E-state index in [1.54, 1.807) is 41.0 Å². The summed E-state index contributed by atoms with van der Waals surface area (Å²) in [5, 5.41) is 20.6. The number of aromatic nitrogens is 1. The number of azo groups is 1. The Kier molecular flexibility index (Phi) is 8.01. The highest BCUT2D eigenvalue weighted by atomic mass is 35.5. The number of aromatic hydroxyl groups is 1. The van der Waals surface area contributed by atoms with Gasteiger partial charge in [-0.05, 0) is 48.5 Å². The molecule has 0 aliphatic rings. The van der Waals surface area contributed by atoms with Crippen LogP contribution in [0.1, 0.15) is 21.5 Å². The molecule has 0 aliphatic heterocycles. The molecule has 4 aromatic carbocycles. The SMILES string of the molecule is CN(Cc1ccccc1)Cn1c(O)c(N=NC(=O)c2ccccc2OCc2ccc(Cl)cc2)c2ccccc21. The maximum atomic E-state index is 13.1. The third-order valence-corrected chi connectivity index (χ3v) is 6.51. The molecule has 1 aromatic heterocycles. The summed E-state index contributed by atoms with van der Waals surface area (Å²) in [6, 6.07) is 31.8. The summed E-state index contributed by atoms with van der Waals surface area (Å²) in [4.78, 5) is 15.2. The van der Waals surface area contributed by atoms with E-state index in [1.165, 1.54) is 5.56 Å². The zero-order chi connectivity index (χ0) is 27.2. The van der Waals surface area contributed by atoms with Crippen molar-refractivity contribution in [1.82, 2.24) is 9.47 Å². The van der Waals surface area contributed by atoms with Crippen LogP contribution in [0.5, 0.6) is 11.6 Å². The third-order valence-electron chi connectivity index (χ3n) is 6.26. The minimum absolute atomic E-state index is 0.0556. The quantitative estimate of drug-likeness (QED) is 0.196. The van der Waals surface area contributed by atoms with Crippen LogP contribution in [0.4, 0.5) is 5.69 Å². The fourth-order valence-electron chi connectivity index (χ4n) is 4.36. The van der Waals surface area contributed by atoms with Gasteiger partial charge < -0.3 is 9.84 Å². The van der Waals surface area contributed by atoms with Crippen molar-refractivity contribution in [1.29, 1.82) is 0 Å². The van der Waals surface area contributed by atoms with E-state index in [0.717, 1.165) is 11.1 Å². The molecule has 8 heteroatoms. The normalized spacial score (nSPS) is 11.5. The van der Waals surface area contributed by atoms with Gasteiger partial charge in [0.1, 0.15) is 12.4 Å². The minimum Gasteiger partial charge on any atom is -0.493 e. The van der Waals surface area contributed by atoms with Gasteiger partial charge in [-0.15, -0.1) is 10.2 Å². The van der Waals surface area contributed by atoms with Crippen molar-refractivity contribution in [2.24, 2.45) is 10.2 Å². The number of rotatable bonds is 9. The first kappa shape index (κ1) is 26.2. The largest absolute Gasteiger partial charge is 0.493 e. The van der Waals surface area contributed by atoms with Crippen LogP contribution in [0, 0.1) is 0 Å². The van der Waals surface area contributed by atoms with Crippen molar-refractivity contribution in [2.45, 2.75) is 19.8 Å². The Balaban J connectivity index is 1.37. The molecule has 0 aliphatic carbocycles. The van der Waals surface area contributed by atoms with Gasteiger partial charge in [-0.2, -0.15) is 0 Å². The van der Waals surface area contributed by atoms with Crippen LogP contribution < -0.4 is 4.74 Å². The Morgan fingerprint density at radius 1 is 0.897 bits per heavy atom. The van der Waals surface area contributed by atoms with E-state index in [9.17, 15) is 9.90 Å². The average molecular weight is 539 g/mol. The van der Waals surface area contributed by atoms with E-state index in [2.05, 4.69) is 27.3 Å². The van der Waals surface area contributed by atoms with Crippen LogP contribution >= 0.6 is 11.6 Å². The van der Waals surface area contributed by atoms with Gasteiger partial charge in [-0.25, -0.2) is 0 Å². The van der Waals surface area contributed by atoms with Crippen LogP contribution in [0.15, 0.2) is 113 Å². The first-order chi connectivity index (χ1) is 19.0. The van der Waals surface area contributed by atoms with Crippen molar-refractivity contribution >= 4 is 34.1 Å². The lowest BCUT2D eigenvalue weighted by Gasteiger charge is -2.19. The number of halogens is 1. The molecule has 196 valence electrons. The molecule has 0 spiro atoms. The van der Waals surface area contributed by atoms with Crippen LogP contribution in [-0.2, 0) is 19.8 Å². The summed E-state index contributed by atoms with van der Waals surface area (Å²) in [5.41, 5.74) is 3.40. The minimum atomic E-state index is -0.570. The van der Waals surface area contributed by atoms with Gasteiger partial charge in [-0.1, -0.05) is 84.4 Å². The van der Waals surface area contributed by atoms with Crippen molar-refractivity contribution in [3.8, 4) is 11.6 Å². The van der Waals surface area contributed by atoms with Gasteiger partial charge in [0.15, 0.2) is 5.69 Å². The van der Waals surface area contributed by atoms with Crippen LogP contribution in [0.3, 0.4) is 0 Å². The van der Waals surface area contributed by atoms with E-state index < -0.39 is 5.91 Å². The average Bonchev–Trinajstić information content (AvgIpc) is 3.22. The van der Waals surface area contributed by atoms with Crippen LogP contribution in [-0.4, -0.2) is 27.5 Å². The van der Waals surface area contributed by atoms with E-state index in [4.69, 9.17) is 16.3 Å². The first-order valence-corrected chi connectivity index (χ1v) is 12.8. The molecule has 0 unspecified atom stereocenters. The summed E-state index contributed by atoms with van der Waals surface area (Å²) < 4.78 is 7.67. The second kappa shape index (κ2) is 11.9. The van der Waals surface area contributed by atoms with Gasteiger partial charge in [0.25, 0.3) is 5.91 Å².